The predicted molar refractivity (Wildman–Crippen MR) is 71.1 cm³/mol. The van der Waals surface area contributed by atoms with Crippen molar-refractivity contribution in [2.24, 2.45) is 0 Å². The van der Waals surface area contributed by atoms with Crippen LogP contribution >= 0.6 is 0 Å². The lowest BCUT2D eigenvalue weighted by Gasteiger charge is -2.06. The number of halogens is 1. The molecule has 3 rings (SSSR count). The van der Waals surface area contributed by atoms with Crippen molar-refractivity contribution in [3.8, 4) is 0 Å². The quantitative estimate of drug-likeness (QED) is 0.782. The zero-order valence-corrected chi connectivity index (χ0v) is 10.5. The third-order valence-corrected chi connectivity index (χ3v) is 3.07. The molecule has 0 aliphatic carbocycles. The first kappa shape index (κ1) is 11.7. The van der Waals surface area contributed by atoms with Gasteiger partial charge in [-0.1, -0.05) is 6.07 Å². The molecule has 1 aromatic carbocycles. The molecular formula is C13H14FN5. The highest BCUT2D eigenvalue weighted by Gasteiger charge is 2.11. The molecule has 0 fully saturated rings. The van der Waals surface area contributed by atoms with Crippen LogP contribution in [0, 0.1) is 12.7 Å². The highest BCUT2D eigenvalue weighted by atomic mass is 19.1. The lowest BCUT2D eigenvalue weighted by atomic mass is 10.3. The number of rotatable bonds is 3. The number of fused-ring (bicyclic) bond motifs is 1. The summed E-state index contributed by atoms with van der Waals surface area (Å²) in [5, 5.41) is 4.21. The first-order valence-corrected chi connectivity index (χ1v) is 6.04. The molecule has 3 aromatic rings. The van der Waals surface area contributed by atoms with E-state index in [0.29, 0.717) is 30.1 Å². The van der Waals surface area contributed by atoms with E-state index in [9.17, 15) is 4.39 Å². The van der Waals surface area contributed by atoms with Gasteiger partial charge in [-0.25, -0.2) is 9.37 Å². The topological polar surface area (TPSA) is 61.7 Å². The van der Waals surface area contributed by atoms with Gasteiger partial charge in [-0.3, -0.25) is 4.68 Å². The number of imidazole rings is 1. The Hall–Kier alpha value is -2.37. The van der Waals surface area contributed by atoms with Gasteiger partial charge in [0.05, 0.1) is 18.3 Å². The van der Waals surface area contributed by atoms with Crippen LogP contribution in [0.25, 0.3) is 11.0 Å². The van der Waals surface area contributed by atoms with Crippen LogP contribution in [-0.4, -0.2) is 19.3 Å². The SMILES string of the molecule is Cc1cnn(CCn2c(N)nc3c(F)cccc32)c1. The first-order valence-electron chi connectivity index (χ1n) is 6.04. The van der Waals surface area contributed by atoms with Gasteiger partial charge in [0.25, 0.3) is 0 Å². The highest BCUT2D eigenvalue weighted by Crippen LogP contribution is 2.20. The average molecular weight is 259 g/mol. The third-order valence-electron chi connectivity index (χ3n) is 3.07. The minimum Gasteiger partial charge on any atom is -0.369 e. The van der Waals surface area contributed by atoms with Crippen molar-refractivity contribution in [2.75, 3.05) is 5.73 Å². The zero-order chi connectivity index (χ0) is 13.4. The Morgan fingerprint density at radius 2 is 2.16 bits per heavy atom. The molecule has 0 spiro atoms. The van der Waals surface area contributed by atoms with Crippen molar-refractivity contribution in [2.45, 2.75) is 20.0 Å². The smallest absolute Gasteiger partial charge is 0.201 e. The van der Waals surface area contributed by atoms with E-state index in [4.69, 9.17) is 5.73 Å². The number of nitrogens with two attached hydrogens (primary N) is 1. The van der Waals surface area contributed by atoms with Crippen molar-refractivity contribution in [3.63, 3.8) is 0 Å². The fourth-order valence-corrected chi connectivity index (χ4v) is 2.16. The zero-order valence-electron chi connectivity index (χ0n) is 10.5. The normalized spacial score (nSPS) is 11.3. The second-order valence-electron chi connectivity index (χ2n) is 4.51. The van der Waals surface area contributed by atoms with Gasteiger partial charge in [0.1, 0.15) is 5.52 Å². The molecule has 0 aliphatic heterocycles. The van der Waals surface area contributed by atoms with E-state index >= 15 is 0 Å². The van der Waals surface area contributed by atoms with E-state index in [1.165, 1.54) is 6.07 Å². The summed E-state index contributed by atoms with van der Waals surface area (Å²) >= 11 is 0. The third kappa shape index (κ3) is 2.05. The van der Waals surface area contributed by atoms with Crippen LogP contribution in [-0.2, 0) is 13.1 Å². The van der Waals surface area contributed by atoms with Crippen molar-refractivity contribution in [3.05, 3.63) is 42.0 Å². The number of nitrogen functional groups attached to an aromatic ring is 1. The maximum atomic E-state index is 13.6. The molecule has 0 amide bonds. The molecule has 2 aromatic heterocycles. The Bertz CT molecular complexity index is 728. The second kappa shape index (κ2) is 4.38. The molecule has 98 valence electrons. The van der Waals surface area contributed by atoms with Crippen LogP contribution < -0.4 is 5.73 Å². The van der Waals surface area contributed by atoms with Crippen LogP contribution in [0.3, 0.4) is 0 Å². The van der Waals surface area contributed by atoms with Gasteiger partial charge >= 0.3 is 0 Å². The molecule has 0 saturated heterocycles. The Morgan fingerprint density at radius 3 is 2.89 bits per heavy atom. The number of benzene rings is 1. The fraction of sp³-hybridized carbons (Fsp3) is 0.231. The van der Waals surface area contributed by atoms with E-state index < -0.39 is 0 Å². The number of aryl methyl sites for hydroxylation is 3. The van der Waals surface area contributed by atoms with E-state index in [2.05, 4.69) is 10.1 Å². The molecule has 0 aliphatic rings. The summed E-state index contributed by atoms with van der Waals surface area (Å²) < 4.78 is 17.2. The number of anilines is 1. The van der Waals surface area contributed by atoms with Crippen molar-refractivity contribution in [1.29, 1.82) is 0 Å². The molecular weight excluding hydrogens is 245 g/mol. The highest BCUT2D eigenvalue weighted by molar-refractivity contribution is 5.78. The lowest BCUT2D eigenvalue weighted by Crippen LogP contribution is -2.10. The molecule has 19 heavy (non-hydrogen) atoms. The Labute approximate surface area is 109 Å². The van der Waals surface area contributed by atoms with Gasteiger partial charge in [-0.05, 0) is 24.6 Å². The maximum absolute atomic E-state index is 13.6. The molecule has 0 saturated carbocycles. The summed E-state index contributed by atoms with van der Waals surface area (Å²) in [6.45, 7) is 3.26. The number of hydrogen-bond donors (Lipinski definition) is 1. The van der Waals surface area contributed by atoms with Gasteiger partial charge in [0.2, 0.25) is 5.95 Å². The largest absolute Gasteiger partial charge is 0.369 e. The van der Waals surface area contributed by atoms with E-state index in [0.717, 1.165) is 5.56 Å². The number of nitrogens with zero attached hydrogens (tertiary/aromatic N) is 4. The van der Waals surface area contributed by atoms with E-state index in [-0.39, 0.29) is 5.82 Å². The maximum Gasteiger partial charge on any atom is 0.201 e. The summed E-state index contributed by atoms with van der Waals surface area (Å²) in [4.78, 5) is 4.07. The van der Waals surface area contributed by atoms with Crippen LogP contribution in [0.2, 0.25) is 0 Å². The number of aromatic nitrogens is 4. The summed E-state index contributed by atoms with van der Waals surface area (Å²) in [7, 11) is 0. The van der Waals surface area contributed by atoms with Gasteiger partial charge in [0.15, 0.2) is 5.82 Å². The molecule has 5 nitrogen and oxygen atoms in total. The van der Waals surface area contributed by atoms with E-state index in [1.807, 2.05) is 23.9 Å². The van der Waals surface area contributed by atoms with Crippen LogP contribution in [0.5, 0.6) is 0 Å². The summed E-state index contributed by atoms with van der Waals surface area (Å²) in [5.41, 5.74) is 7.98. The Morgan fingerprint density at radius 1 is 1.32 bits per heavy atom. The molecule has 0 radical (unpaired) electrons. The second-order valence-corrected chi connectivity index (χ2v) is 4.51. The van der Waals surface area contributed by atoms with E-state index in [1.54, 1.807) is 16.8 Å². The summed E-state index contributed by atoms with van der Waals surface area (Å²) in [5.74, 6) is -0.0261. The monoisotopic (exact) mass is 259 g/mol. The van der Waals surface area contributed by atoms with Crippen molar-refractivity contribution in [1.82, 2.24) is 19.3 Å². The van der Waals surface area contributed by atoms with Gasteiger partial charge < -0.3 is 10.3 Å². The molecule has 0 atom stereocenters. The minimum atomic E-state index is -0.349. The Balaban J connectivity index is 1.92. The van der Waals surface area contributed by atoms with Gasteiger partial charge in [0, 0.05) is 12.7 Å². The van der Waals surface area contributed by atoms with Crippen LogP contribution in [0.4, 0.5) is 10.3 Å². The molecule has 0 unspecified atom stereocenters. The van der Waals surface area contributed by atoms with Gasteiger partial charge in [-0.2, -0.15) is 5.10 Å². The first-order chi connectivity index (χ1) is 9.15. The van der Waals surface area contributed by atoms with Crippen molar-refractivity contribution >= 4 is 17.0 Å². The molecule has 2 N–H and O–H groups in total. The lowest BCUT2D eigenvalue weighted by molar-refractivity contribution is 0.544. The summed E-state index contributed by atoms with van der Waals surface area (Å²) in [6.07, 6.45) is 3.75. The summed E-state index contributed by atoms with van der Waals surface area (Å²) in [6, 6.07) is 4.86. The van der Waals surface area contributed by atoms with Gasteiger partial charge in [-0.15, -0.1) is 0 Å². The van der Waals surface area contributed by atoms with Crippen molar-refractivity contribution < 1.29 is 4.39 Å². The molecule has 0 bridgehead atoms. The number of hydrogen-bond acceptors (Lipinski definition) is 3. The average Bonchev–Trinajstić information content (AvgIpc) is 2.92. The molecule has 6 heteroatoms. The standard InChI is InChI=1S/C13H14FN5/c1-9-7-16-18(8-9)5-6-19-11-4-2-3-10(14)12(11)17-13(19)15/h2-4,7-8H,5-6H2,1H3,(H2,15,17). The minimum absolute atomic E-state index is 0.316. The fourth-order valence-electron chi connectivity index (χ4n) is 2.16. The Kier molecular flexibility index (Phi) is 2.70. The predicted octanol–water partition coefficient (Wildman–Crippen LogP) is 1.96. The van der Waals surface area contributed by atoms with Crippen LogP contribution in [0.1, 0.15) is 5.56 Å². The van der Waals surface area contributed by atoms with Crippen LogP contribution in [0.15, 0.2) is 30.6 Å². The number of para-hydroxylation sites is 1. The molecule has 2 heterocycles.